The average Bonchev–Trinajstić information content (AvgIpc) is 3.24. The molecule has 1 aromatic heterocycles. The molecule has 0 bridgehead atoms. The highest BCUT2D eigenvalue weighted by Gasteiger charge is 2.31. The molecule has 9 nitrogen and oxygen atoms in total. The summed E-state index contributed by atoms with van der Waals surface area (Å²) in [5.74, 6) is -2.11. The molecule has 1 saturated carbocycles. The Labute approximate surface area is 202 Å². The molecule has 11 heteroatoms. The number of benzene rings is 1. The Hall–Kier alpha value is -2.98. The molecule has 5 N–H and O–H groups in total. The van der Waals surface area contributed by atoms with Gasteiger partial charge in [0.2, 0.25) is 5.91 Å². The minimum absolute atomic E-state index is 0.00265. The number of amides is 3. The fraction of sp³-hybridized carbons (Fsp3) is 0.478. The third kappa shape index (κ3) is 6.32. The molecule has 1 aromatic carbocycles. The van der Waals surface area contributed by atoms with Gasteiger partial charge in [-0.1, -0.05) is 25.4 Å². The molecule has 1 aliphatic rings. The summed E-state index contributed by atoms with van der Waals surface area (Å²) in [7, 11) is 0. The van der Waals surface area contributed by atoms with Gasteiger partial charge >= 0.3 is 0 Å². The maximum atomic E-state index is 13.2. The molecule has 3 rings (SSSR count). The number of carbonyl (C=O) groups excluding carboxylic acids is 3. The van der Waals surface area contributed by atoms with Crippen LogP contribution in [0.2, 0.25) is 5.02 Å². The molecule has 0 radical (unpaired) electrons. The summed E-state index contributed by atoms with van der Waals surface area (Å²) < 4.78 is 14.9. The maximum Gasteiger partial charge on any atom is 0.272 e. The number of aromatic nitrogens is 2. The van der Waals surface area contributed by atoms with Crippen LogP contribution < -0.4 is 21.7 Å². The van der Waals surface area contributed by atoms with Crippen molar-refractivity contribution in [2.45, 2.75) is 51.6 Å². The molecule has 34 heavy (non-hydrogen) atoms. The van der Waals surface area contributed by atoms with Crippen LogP contribution in [0.3, 0.4) is 0 Å². The van der Waals surface area contributed by atoms with Crippen molar-refractivity contribution in [2.75, 3.05) is 18.4 Å². The van der Waals surface area contributed by atoms with Gasteiger partial charge in [0.25, 0.3) is 11.8 Å². The number of carbonyl (C=O) groups is 3. The van der Waals surface area contributed by atoms with Crippen molar-refractivity contribution in [1.82, 2.24) is 20.2 Å². The number of nitrogens with zero attached hydrogens (tertiary/aromatic N) is 2. The van der Waals surface area contributed by atoms with Crippen LogP contribution >= 0.6 is 11.6 Å². The minimum Gasteiger partial charge on any atom is -0.364 e. The first-order chi connectivity index (χ1) is 16.2. The van der Waals surface area contributed by atoms with Crippen molar-refractivity contribution in [2.24, 2.45) is 11.7 Å². The fourth-order valence-corrected chi connectivity index (χ4v) is 4.32. The van der Waals surface area contributed by atoms with Crippen LogP contribution in [-0.4, -0.2) is 46.4 Å². The lowest BCUT2D eigenvalue weighted by molar-refractivity contribution is -0.121. The normalized spacial score (nSPS) is 18.0. The van der Waals surface area contributed by atoms with E-state index in [-0.39, 0.29) is 34.3 Å². The average molecular weight is 493 g/mol. The Balaban J connectivity index is 1.61. The topological polar surface area (TPSA) is 131 Å². The third-order valence-corrected chi connectivity index (χ3v) is 6.17. The molecular weight excluding hydrogens is 463 g/mol. The third-order valence-electron chi connectivity index (χ3n) is 5.86. The summed E-state index contributed by atoms with van der Waals surface area (Å²) in [5.41, 5.74) is 6.02. The van der Waals surface area contributed by atoms with Gasteiger partial charge < -0.3 is 26.3 Å². The molecule has 184 valence electrons. The Morgan fingerprint density at radius 1 is 1.21 bits per heavy atom. The number of halogens is 2. The highest BCUT2D eigenvalue weighted by Crippen LogP contribution is 2.34. The Kier molecular flexibility index (Phi) is 8.62. The molecule has 0 unspecified atom stereocenters. The van der Waals surface area contributed by atoms with Crippen molar-refractivity contribution in [3.63, 3.8) is 0 Å². The number of nitrogens with one attached hydrogen (secondary N) is 3. The number of nitrogens with two attached hydrogens (primary N) is 1. The van der Waals surface area contributed by atoms with E-state index in [9.17, 15) is 18.8 Å². The molecule has 1 heterocycles. The zero-order chi connectivity index (χ0) is 24.8. The van der Waals surface area contributed by atoms with Crippen molar-refractivity contribution in [3.05, 3.63) is 46.8 Å². The second-order valence-electron chi connectivity index (χ2n) is 8.70. The zero-order valence-corrected chi connectivity index (χ0v) is 20.0. The number of anilines is 1. The number of hydrogen-bond donors (Lipinski definition) is 4. The Bertz CT molecular complexity index is 1050. The smallest absolute Gasteiger partial charge is 0.272 e. The van der Waals surface area contributed by atoms with Crippen LogP contribution in [0, 0.1) is 11.7 Å². The van der Waals surface area contributed by atoms with Crippen molar-refractivity contribution >= 4 is 35.0 Å². The summed E-state index contributed by atoms with van der Waals surface area (Å²) in [6, 6.07) is 3.99. The van der Waals surface area contributed by atoms with Crippen molar-refractivity contribution < 1.29 is 18.8 Å². The summed E-state index contributed by atoms with van der Waals surface area (Å²) in [5, 5.41) is 8.83. The number of imidazole rings is 1. The van der Waals surface area contributed by atoms with Gasteiger partial charge in [0.1, 0.15) is 11.5 Å². The van der Waals surface area contributed by atoms with Gasteiger partial charge in [-0.3, -0.25) is 14.4 Å². The van der Waals surface area contributed by atoms with Gasteiger partial charge in [0.05, 0.1) is 17.0 Å². The summed E-state index contributed by atoms with van der Waals surface area (Å²) in [6.07, 6.45) is 3.80. The second kappa shape index (κ2) is 11.4. The van der Waals surface area contributed by atoms with Gasteiger partial charge in [-0.15, -0.1) is 0 Å². The first-order valence-electron chi connectivity index (χ1n) is 11.3. The molecule has 0 aliphatic heterocycles. The second-order valence-corrected chi connectivity index (χ2v) is 9.10. The lowest BCUT2D eigenvalue weighted by Crippen LogP contribution is -2.36. The molecule has 0 saturated heterocycles. The summed E-state index contributed by atoms with van der Waals surface area (Å²) in [6.45, 7) is 4.99. The van der Waals surface area contributed by atoms with Gasteiger partial charge in [-0.05, 0) is 43.9 Å². The first-order valence-corrected chi connectivity index (χ1v) is 11.7. The van der Waals surface area contributed by atoms with E-state index in [0.717, 1.165) is 6.07 Å². The van der Waals surface area contributed by atoms with Crippen LogP contribution in [0.1, 0.15) is 66.5 Å². The van der Waals surface area contributed by atoms with E-state index < -0.39 is 17.6 Å². The molecular formula is C23H30ClFN6O3. The van der Waals surface area contributed by atoms with Gasteiger partial charge in [-0.2, -0.15) is 0 Å². The molecule has 3 amide bonds. The van der Waals surface area contributed by atoms with Gasteiger partial charge in [0.15, 0.2) is 5.69 Å². The van der Waals surface area contributed by atoms with Gasteiger partial charge in [0, 0.05) is 31.1 Å². The Morgan fingerprint density at radius 2 is 1.91 bits per heavy atom. The predicted octanol–water partition coefficient (Wildman–Crippen LogP) is 2.87. The SMILES string of the molecule is CC(C)NCCNC(=O)c1ncn([C@H]2CC[C@H](C(=O)Nc3ccc(F)cc3Cl)CC2)c1C(N)=O. The Morgan fingerprint density at radius 3 is 2.53 bits per heavy atom. The predicted molar refractivity (Wildman–Crippen MR) is 127 cm³/mol. The molecule has 0 atom stereocenters. The first kappa shape index (κ1) is 25.6. The number of rotatable bonds is 9. The maximum absolute atomic E-state index is 13.2. The van der Waals surface area contributed by atoms with E-state index in [1.165, 1.54) is 18.5 Å². The fourth-order valence-electron chi connectivity index (χ4n) is 4.11. The highest BCUT2D eigenvalue weighted by atomic mass is 35.5. The number of hydrogen-bond acceptors (Lipinski definition) is 5. The number of primary amides is 1. The van der Waals surface area contributed by atoms with Crippen LogP contribution in [0.4, 0.5) is 10.1 Å². The van der Waals surface area contributed by atoms with Crippen LogP contribution in [0.5, 0.6) is 0 Å². The standard InChI is InChI=1S/C23H30ClFN6O3/c1-13(2)27-9-10-28-23(34)19-20(21(26)32)31(12-29-19)16-6-3-14(4-7-16)22(33)30-18-8-5-15(25)11-17(18)24/h5,8,11-14,16,27H,3-4,6-7,9-10H2,1-2H3,(H2,26,32)(H,28,34)(H,30,33)/t14-,16-. The molecule has 2 aromatic rings. The lowest BCUT2D eigenvalue weighted by Gasteiger charge is -2.29. The quantitative estimate of drug-likeness (QED) is 0.400. The monoisotopic (exact) mass is 492 g/mol. The van der Waals surface area contributed by atoms with E-state index in [1.54, 1.807) is 4.57 Å². The lowest BCUT2D eigenvalue weighted by atomic mass is 9.85. The molecule has 0 spiro atoms. The van der Waals surface area contributed by atoms with E-state index in [4.69, 9.17) is 17.3 Å². The molecule has 1 aliphatic carbocycles. The van der Waals surface area contributed by atoms with Crippen LogP contribution in [0.15, 0.2) is 24.5 Å². The van der Waals surface area contributed by atoms with E-state index >= 15 is 0 Å². The summed E-state index contributed by atoms with van der Waals surface area (Å²) in [4.78, 5) is 41.6. The van der Waals surface area contributed by atoms with E-state index in [2.05, 4.69) is 20.9 Å². The van der Waals surface area contributed by atoms with Crippen LogP contribution in [0.25, 0.3) is 0 Å². The van der Waals surface area contributed by atoms with E-state index in [1.807, 2.05) is 13.8 Å². The van der Waals surface area contributed by atoms with Crippen LogP contribution in [-0.2, 0) is 4.79 Å². The van der Waals surface area contributed by atoms with Crippen molar-refractivity contribution in [3.8, 4) is 0 Å². The van der Waals surface area contributed by atoms with Crippen molar-refractivity contribution in [1.29, 1.82) is 0 Å². The summed E-state index contributed by atoms with van der Waals surface area (Å²) >= 11 is 6.00. The largest absolute Gasteiger partial charge is 0.364 e. The van der Waals surface area contributed by atoms with Gasteiger partial charge in [-0.25, -0.2) is 9.37 Å². The minimum atomic E-state index is -0.728. The molecule has 1 fully saturated rings. The van der Waals surface area contributed by atoms with E-state index in [0.29, 0.717) is 50.5 Å². The highest BCUT2D eigenvalue weighted by molar-refractivity contribution is 6.33. The zero-order valence-electron chi connectivity index (χ0n) is 19.2.